The van der Waals surface area contributed by atoms with Gasteiger partial charge in [0.25, 0.3) is 5.91 Å². The molecule has 1 aliphatic heterocycles. The summed E-state index contributed by atoms with van der Waals surface area (Å²) < 4.78 is 0.953. The van der Waals surface area contributed by atoms with Crippen LogP contribution in [0, 0.1) is 0 Å². The van der Waals surface area contributed by atoms with Crippen molar-refractivity contribution in [2.45, 2.75) is 18.6 Å². The maximum atomic E-state index is 13.2. The van der Waals surface area contributed by atoms with Crippen LogP contribution in [-0.2, 0) is 16.9 Å². The van der Waals surface area contributed by atoms with Crippen molar-refractivity contribution in [2.75, 3.05) is 4.90 Å². The lowest BCUT2D eigenvalue weighted by Crippen LogP contribution is -2.41. The predicted octanol–water partition coefficient (Wildman–Crippen LogP) is 4.46. The van der Waals surface area contributed by atoms with E-state index >= 15 is 0 Å². The molecule has 0 fully saturated rings. The maximum absolute atomic E-state index is 13.2. The number of carbonyl (C=O) groups is 2. The molecule has 5 heteroatoms. The standard InChI is InChI=1S/C23H18BrNO3/c24-18-12-10-16(11-13-18)15-25-20-9-5-4-8-19(20)23(28,22(25)27)14-21(26)17-6-2-1-3-7-17/h1-13,28H,14-15H2. The Balaban J connectivity index is 1.68. The normalized spacial score (nSPS) is 18.2. The summed E-state index contributed by atoms with van der Waals surface area (Å²) in [6.07, 6.45) is -0.288. The van der Waals surface area contributed by atoms with Crippen LogP contribution < -0.4 is 4.90 Å². The first-order valence-corrected chi connectivity index (χ1v) is 9.75. The predicted molar refractivity (Wildman–Crippen MR) is 111 cm³/mol. The summed E-state index contributed by atoms with van der Waals surface area (Å²) in [5.41, 5.74) is 0.663. The Kier molecular flexibility index (Phi) is 4.87. The molecule has 0 aromatic heterocycles. The number of aliphatic hydroxyl groups is 1. The zero-order valence-electron chi connectivity index (χ0n) is 15.0. The van der Waals surface area contributed by atoms with Crippen LogP contribution in [0.2, 0.25) is 0 Å². The van der Waals surface area contributed by atoms with E-state index in [4.69, 9.17) is 0 Å². The minimum absolute atomic E-state index is 0.267. The highest BCUT2D eigenvalue weighted by Crippen LogP contribution is 2.43. The molecule has 1 unspecified atom stereocenters. The summed E-state index contributed by atoms with van der Waals surface area (Å²) >= 11 is 3.41. The van der Waals surface area contributed by atoms with Crippen LogP contribution in [0.3, 0.4) is 0 Å². The fourth-order valence-corrected chi connectivity index (χ4v) is 3.83. The SMILES string of the molecule is O=C(CC1(O)C(=O)N(Cc2ccc(Br)cc2)c2ccccc21)c1ccccc1. The third-order valence-corrected chi connectivity index (χ3v) is 5.53. The van der Waals surface area contributed by atoms with Crippen molar-refractivity contribution in [1.29, 1.82) is 0 Å². The van der Waals surface area contributed by atoms with Gasteiger partial charge < -0.3 is 10.0 Å². The van der Waals surface area contributed by atoms with E-state index in [0.29, 0.717) is 23.4 Å². The van der Waals surface area contributed by atoms with Gasteiger partial charge in [0, 0.05) is 15.6 Å². The summed E-state index contributed by atoms with van der Waals surface area (Å²) in [5, 5.41) is 11.3. The van der Waals surface area contributed by atoms with Crippen LogP contribution in [-0.4, -0.2) is 16.8 Å². The second-order valence-electron chi connectivity index (χ2n) is 6.86. The highest BCUT2D eigenvalue weighted by Gasteiger charge is 2.50. The first-order chi connectivity index (χ1) is 13.5. The van der Waals surface area contributed by atoms with Crippen LogP contribution in [0.15, 0.2) is 83.3 Å². The quantitative estimate of drug-likeness (QED) is 0.601. The number of halogens is 1. The third-order valence-electron chi connectivity index (χ3n) is 5.01. The molecule has 0 spiro atoms. The average Bonchev–Trinajstić information content (AvgIpc) is 2.92. The monoisotopic (exact) mass is 435 g/mol. The molecule has 1 amide bonds. The first kappa shape index (κ1) is 18.6. The van der Waals surface area contributed by atoms with Crippen molar-refractivity contribution >= 4 is 33.3 Å². The summed E-state index contributed by atoms with van der Waals surface area (Å²) in [7, 11) is 0. The van der Waals surface area contributed by atoms with E-state index in [1.165, 1.54) is 0 Å². The molecule has 0 aliphatic carbocycles. The number of amides is 1. The van der Waals surface area contributed by atoms with Gasteiger partial charge in [0.2, 0.25) is 0 Å². The molecule has 1 N–H and O–H groups in total. The highest BCUT2D eigenvalue weighted by atomic mass is 79.9. The van der Waals surface area contributed by atoms with Gasteiger partial charge in [0.15, 0.2) is 11.4 Å². The number of Topliss-reactive ketones (excluding diaryl/α,β-unsaturated/α-hetero) is 1. The first-order valence-electron chi connectivity index (χ1n) is 8.95. The number of ketones is 1. The Labute approximate surface area is 171 Å². The van der Waals surface area contributed by atoms with E-state index in [1.807, 2.05) is 36.4 Å². The molecule has 1 atom stereocenters. The number of benzene rings is 3. The molecule has 0 bridgehead atoms. The minimum atomic E-state index is -1.86. The number of anilines is 1. The zero-order chi connectivity index (χ0) is 19.7. The molecule has 4 nitrogen and oxygen atoms in total. The fourth-order valence-electron chi connectivity index (χ4n) is 3.57. The van der Waals surface area contributed by atoms with Gasteiger partial charge in [0.05, 0.1) is 18.7 Å². The zero-order valence-corrected chi connectivity index (χ0v) is 16.6. The molecule has 1 aliphatic rings. The van der Waals surface area contributed by atoms with E-state index < -0.39 is 11.5 Å². The van der Waals surface area contributed by atoms with Crippen molar-refractivity contribution in [1.82, 2.24) is 0 Å². The van der Waals surface area contributed by atoms with Crippen LogP contribution in [0.1, 0.15) is 27.9 Å². The van der Waals surface area contributed by atoms with Crippen LogP contribution in [0.4, 0.5) is 5.69 Å². The summed E-state index contributed by atoms with van der Waals surface area (Å²) in [6.45, 7) is 0.324. The molecule has 0 radical (unpaired) electrons. The molecule has 28 heavy (non-hydrogen) atoms. The van der Waals surface area contributed by atoms with E-state index in [2.05, 4.69) is 15.9 Å². The Bertz CT molecular complexity index is 1030. The van der Waals surface area contributed by atoms with Gasteiger partial charge in [-0.1, -0.05) is 76.6 Å². The minimum Gasteiger partial charge on any atom is -0.375 e. The molecule has 140 valence electrons. The van der Waals surface area contributed by atoms with Crippen LogP contribution in [0.5, 0.6) is 0 Å². The second-order valence-corrected chi connectivity index (χ2v) is 7.78. The van der Waals surface area contributed by atoms with Gasteiger partial charge in [-0.25, -0.2) is 0 Å². The fraction of sp³-hybridized carbons (Fsp3) is 0.130. The van der Waals surface area contributed by atoms with Crippen LogP contribution >= 0.6 is 15.9 Å². The Morgan fingerprint density at radius 3 is 2.29 bits per heavy atom. The van der Waals surface area contributed by atoms with E-state index in [1.54, 1.807) is 47.4 Å². The third kappa shape index (κ3) is 3.28. The average molecular weight is 436 g/mol. The number of hydrogen-bond donors (Lipinski definition) is 1. The van der Waals surface area contributed by atoms with Crippen molar-refractivity contribution in [3.8, 4) is 0 Å². The smallest absolute Gasteiger partial charge is 0.264 e. The maximum Gasteiger partial charge on any atom is 0.264 e. The van der Waals surface area contributed by atoms with E-state index in [9.17, 15) is 14.7 Å². The summed E-state index contributed by atoms with van der Waals surface area (Å²) in [6, 6.07) is 23.5. The molecule has 3 aromatic carbocycles. The number of para-hydroxylation sites is 1. The Hall–Kier alpha value is -2.76. The Morgan fingerprint density at radius 1 is 0.929 bits per heavy atom. The number of hydrogen-bond acceptors (Lipinski definition) is 3. The molecule has 0 saturated heterocycles. The van der Waals surface area contributed by atoms with Gasteiger partial charge in [-0.3, -0.25) is 9.59 Å². The lowest BCUT2D eigenvalue weighted by Gasteiger charge is -2.23. The molecular weight excluding hydrogens is 418 g/mol. The van der Waals surface area contributed by atoms with Gasteiger partial charge in [0.1, 0.15) is 0 Å². The van der Waals surface area contributed by atoms with Crippen molar-refractivity contribution in [2.24, 2.45) is 0 Å². The summed E-state index contributed by atoms with van der Waals surface area (Å²) in [5.74, 6) is -0.738. The van der Waals surface area contributed by atoms with Crippen molar-refractivity contribution in [3.05, 3.63) is 100 Å². The van der Waals surface area contributed by atoms with Crippen molar-refractivity contribution in [3.63, 3.8) is 0 Å². The van der Waals surface area contributed by atoms with Gasteiger partial charge in [-0.15, -0.1) is 0 Å². The lowest BCUT2D eigenvalue weighted by atomic mass is 9.88. The molecule has 3 aromatic rings. The van der Waals surface area contributed by atoms with E-state index in [0.717, 1.165) is 10.0 Å². The molecular formula is C23H18BrNO3. The largest absolute Gasteiger partial charge is 0.375 e. The molecule has 4 rings (SSSR count). The van der Waals surface area contributed by atoms with Gasteiger partial charge in [-0.2, -0.15) is 0 Å². The van der Waals surface area contributed by atoms with Crippen LogP contribution in [0.25, 0.3) is 0 Å². The number of carbonyl (C=O) groups excluding carboxylic acids is 2. The van der Waals surface area contributed by atoms with Gasteiger partial charge in [-0.05, 0) is 23.8 Å². The number of fused-ring (bicyclic) bond motifs is 1. The van der Waals surface area contributed by atoms with Crippen molar-refractivity contribution < 1.29 is 14.7 Å². The lowest BCUT2D eigenvalue weighted by molar-refractivity contribution is -0.136. The van der Waals surface area contributed by atoms with E-state index in [-0.39, 0.29) is 12.2 Å². The Morgan fingerprint density at radius 2 is 1.57 bits per heavy atom. The second kappa shape index (κ2) is 7.34. The highest BCUT2D eigenvalue weighted by molar-refractivity contribution is 9.10. The summed E-state index contributed by atoms with van der Waals surface area (Å²) in [4.78, 5) is 27.5. The van der Waals surface area contributed by atoms with Gasteiger partial charge >= 0.3 is 0 Å². The number of nitrogens with zero attached hydrogens (tertiary/aromatic N) is 1. The molecule has 1 heterocycles. The molecule has 0 saturated carbocycles. The number of rotatable bonds is 5. The topological polar surface area (TPSA) is 57.6 Å².